The van der Waals surface area contributed by atoms with E-state index in [1.165, 1.54) is 21.1 Å². The van der Waals surface area contributed by atoms with E-state index >= 15 is 0 Å². The van der Waals surface area contributed by atoms with Crippen molar-refractivity contribution in [3.63, 3.8) is 0 Å². The molecule has 1 aliphatic heterocycles. The van der Waals surface area contributed by atoms with Crippen LogP contribution < -0.4 is 14.6 Å². The Balaban J connectivity index is 1.86. The number of nitrogens with one attached hydrogen (secondary N) is 1. The number of pyridine rings is 1. The van der Waals surface area contributed by atoms with Crippen molar-refractivity contribution in [2.75, 3.05) is 10.8 Å². The molecule has 0 aliphatic carbocycles. The molecule has 120 valence electrons. The topological polar surface area (TPSA) is 88.5 Å². The van der Waals surface area contributed by atoms with E-state index in [-0.39, 0.29) is 17.7 Å². The van der Waals surface area contributed by atoms with Gasteiger partial charge in [0.1, 0.15) is 0 Å². The molecular formula is C15H15N3O4S. The molecule has 0 unspecified atom stereocenters. The second-order valence-electron chi connectivity index (χ2n) is 5.25. The van der Waals surface area contributed by atoms with E-state index in [1.54, 1.807) is 19.2 Å². The fraction of sp³-hybridized carbons (Fsp3) is 0.200. The highest BCUT2D eigenvalue weighted by Crippen LogP contribution is 2.29. The van der Waals surface area contributed by atoms with Gasteiger partial charge in [0, 0.05) is 31.4 Å². The highest BCUT2D eigenvalue weighted by molar-refractivity contribution is 7.91. The summed E-state index contributed by atoms with van der Waals surface area (Å²) >= 11 is 0. The number of aromatic nitrogens is 1. The third kappa shape index (κ3) is 2.85. The van der Waals surface area contributed by atoms with Gasteiger partial charge in [-0.15, -0.1) is 0 Å². The van der Waals surface area contributed by atoms with E-state index in [2.05, 4.69) is 0 Å². The van der Waals surface area contributed by atoms with Crippen LogP contribution in [0.4, 0.5) is 5.69 Å². The second-order valence-corrected chi connectivity index (χ2v) is 6.85. The normalized spacial score (nSPS) is 13.7. The summed E-state index contributed by atoms with van der Waals surface area (Å²) in [5.74, 6) is -0.827. The average molecular weight is 333 g/mol. The van der Waals surface area contributed by atoms with Gasteiger partial charge >= 0.3 is 10.2 Å². The Labute approximate surface area is 133 Å². The third-order valence-electron chi connectivity index (χ3n) is 3.72. The Morgan fingerprint density at radius 2 is 1.96 bits per heavy atom. The molecule has 0 fully saturated rings. The van der Waals surface area contributed by atoms with E-state index in [4.69, 9.17) is 0 Å². The number of hydrogen-bond acceptors (Lipinski definition) is 4. The molecule has 8 heteroatoms. The fourth-order valence-electron chi connectivity index (χ4n) is 2.48. The van der Waals surface area contributed by atoms with Crippen molar-refractivity contribution in [1.82, 2.24) is 9.29 Å². The highest BCUT2D eigenvalue weighted by Gasteiger charge is 2.30. The molecule has 1 aliphatic rings. The van der Waals surface area contributed by atoms with Gasteiger partial charge in [0.15, 0.2) is 0 Å². The molecule has 3 rings (SSSR count). The summed E-state index contributed by atoms with van der Waals surface area (Å²) in [6.45, 7) is 0.276. The van der Waals surface area contributed by atoms with Crippen LogP contribution in [0.15, 0.2) is 47.4 Å². The average Bonchev–Trinajstić information content (AvgIpc) is 2.94. The van der Waals surface area contributed by atoms with E-state index < -0.39 is 16.1 Å². The Morgan fingerprint density at radius 1 is 1.22 bits per heavy atom. The van der Waals surface area contributed by atoms with Crippen molar-refractivity contribution in [3.8, 4) is 0 Å². The largest absolute Gasteiger partial charge is 0.326 e. The molecule has 0 spiro atoms. The zero-order valence-electron chi connectivity index (χ0n) is 12.4. The summed E-state index contributed by atoms with van der Waals surface area (Å²) in [4.78, 5) is 23.7. The number of aryl methyl sites for hydroxylation is 1. The molecule has 2 heterocycles. The lowest BCUT2D eigenvalue weighted by Gasteiger charge is -2.19. The standard InChI is InChI=1S/C15H15N3O4S/c1-17-8-6-12(10-14(17)19)15(20)16-23(21,22)18-9-7-11-4-2-3-5-13(11)18/h2-6,8,10H,7,9H2,1H3,(H,16,20). The number of nitrogens with zero attached hydrogens (tertiary/aromatic N) is 2. The summed E-state index contributed by atoms with van der Waals surface area (Å²) in [7, 11) is -2.48. The van der Waals surface area contributed by atoms with Gasteiger partial charge in [0.25, 0.3) is 11.5 Å². The maximum atomic E-state index is 12.4. The number of carbonyl (C=O) groups excluding carboxylic acids is 1. The monoisotopic (exact) mass is 333 g/mol. The molecule has 0 saturated carbocycles. The molecule has 0 radical (unpaired) electrons. The van der Waals surface area contributed by atoms with Crippen LogP contribution in [0.5, 0.6) is 0 Å². The fourth-order valence-corrected chi connectivity index (χ4v) is 3.71. The molecule has 0 saturated heterocycles. The van der Waals surface area contributed by atoms with Crippen LogP contribution in [-0.2, 0) is 23.7 Å². The number of anilines is 1. The van der Waals surface area contributed by atoms with Gasteiger partial charge in [-0.3, -0.25) is 13.9 Å². The third-order valence-corrected chi connectivity index (χ3v) is 5.13. The van der Waals surface area contributed by atoms with Crippen molar-refractivity contribution >= 4 is 21.8 Å². The van der Waals surface area contributed by atoms with Crippen LogP contribution in [0.1, 0.15) is 15.9 Å². The van der Waals surface area contributed by atoms with Gasteiger partial charge in [-0.05, 0) is 24.1 Å². The van der Waals surface area contributed by atoms with Crippen LogP contribution >= 0.6 is 0 Å². The smallest absolute Gasteiger partial charge is 0.319 e. The second kappa shape index (κ2) is 5.54. The van der Waals surface area contributed by atoms with Crippen molar-refractivity contribution < 1.29 is 13.2 Å². The predicted octanol–water partition coefficient (Wildman–Crippen LogP) is 0.423. The number of para-hydroxylation sites is 1. The summed E-state index contributed by atoms with van der Waals surface area (Å²) in [5, 5.41) is 0. The van der Waals surface area contributed by atoms with Gasteiger partial charge < -0.3 is 4.57 Å². The molecule has 1 N–H and O–H groups in total. The minimum absolute atomic E-state index is 0.00385. The lowest BCUT2D eigenvalue weighted by Crippen LogP contribution is -2.43. The van der Waals surface area contributed by atoms with Crippen LogP contribution in [-0.4, -0.2) is 25.4 Å². The Bertz CT molecular complexity index is 934. The quantitative estimate of drug-likeness (QED) is 0.882. The number of benzene rings is 1. The summed E-state index contributed by atoms with van der Waals surface area (Å²) in [5.41, 5.74) is 1.10. The van der Waals surface area contributed by atoms with Crippen LogP contribution in [0.2, 0.25) is 0 Å². The number of rotatable bonds is 3. The number of hydrogen-bond donors (Lipinski definition) is 1. The first-order chi connectivity index (χ1) is 10.9. The zero-order valence-corrected chi connectivity index (χ0v) is 13.2. The molecule has 23 heavy (non-hydrogen) atoms. The molecule has 0 bridgehead atoms. The Hall–Kier alpha value is -2.61. The van der Waals surface area contributed by atoms with Gasteiger partial charge in [0.2, 0.25) is 0 Å². The van der Waals surface area contributed by atoms with Crippen molar-refractivity contribution in [2.24, 2.45) is 7.05 Å². The lowest BCUT2D eigenvalue weighted by atomic mass is 10.2. The van der Waals surface area contributed by atoms with E-state index in [0.29, 0.717) is 12.1 Å². The van der Waals surface area contributed by atoms with E-state index in [1.807, 2.05) is 16.9 Å². The first-order valence-electron chi connectivity index (χ1n) is 6.98. The number of carbonyl (C=O) groups is 1. The van der Waals surface area contributed by atoms with E-state index in [0.717, 1.165) is 11.6 Å². The molecular weight excluding hydrogens is 318 g/mol. The molecule has 7 nitrogen and oxygen atoms in total. The maximum Gasteiger partial charge on any atom is 0.326 e. The van der Waals surface area contributed by atoms with Gasteiger partial charge in [-0.2, -0.15) is 8.42 Å². The Morgan fingerprint density at radius 3 is 2.70 bits per heavy atom. The minimum atomic E-state index is -4.02. The van der Waals surface area contributed by atoms with Crippen LogP contribution in [0.3, 0.4) is 0 Å². The van der Waals surface area contributed by atoms with Crippen LogP contribution in [0, 0.1) is 0 Å². The van der Waals surface area contributed by atoms with Crippen LogP contribution in [0.25, 0.3) is 0 Å². The Kier molecular flexibility index (Phi) is 3.69. The van der Waals surface area contributed by atoms with Gasteiger partial charge in [0.05, 0.1) is 5.69 Å². The summed E-state index contributed by atoms with van der Waals surface area (Å²) in [6.07, 6.45) is 2.01. The molecule has 1 amide bonds. The SMILES string of the molecule is Cn1ccc(C(=O)NS(=O)(=O)N2CCc3ccccc32)cc1=O. The predicted molar refractivity (Wildman–Crippen MR) is 85.6 cm³/mol. The van der Waals surface area contributed by atoms with Crippen molar-refractivity contribution in [1.29, 1.82) is 0 Å². The maximum absolute atomic E-state index is 12.4. The van der Waals surface area contributed by atoms with Gasteiger partial charge in [-0.25, -0.2) is 4.72 Å². The first kappa shape index (κ1) is 15.3. The number of amides is 1. The number of fused-ring (bicyclic) bond motifs is 1. The first-order valence-corrected chi connectivity index (χ1v) is 8.42. The van der Waals surface area contributed by atoms with E-state index in [9.17, 15) is 18.0 Å². The highest BCUT2D eigenvalue weighted by atomic mass is 32.2. The minimum Gasteiger partial charge on any atom is -0.319 e. The van der Waals surface area contributed by atoms with Gasteiger partial charge in [-0.1, -0.05) is 18.2 Å². The zero-order chi connectivity index (χ0) is 16.6. The van der Waals surface area contributed by atoms with Crippen molar-refractivity contribution in [3.05, 3.63) is 64.1 Å². The van der Waals surface area contributed by atoms with Crippen molar-refractivity contribution in [2.45, 2.75) is 6.42 Å². The summed E-state index contributed by atoms with van der Waals surface area (Å²) in [6, 6.07) is 9.63. The molecule has 1 aromatic heterocycles. The molecule has 1 aromatic carbocycles. The molecule has 2 aromatic rings. The molecule has 0 atom stereocenters. The summed E-state index contributed by atoms with van der Waals surface area (Å²) < 4.78 is 29.4. The lowest BCUT2D eigenvalue weighted by molar-refractivity contribution is 0.0981.